The van der Waals surface area contributed by atoms with Crippen molar-refractivity contribution in [1.29, 1.82) is 0 Å². The summed E-state index contributed by atoms with van der Waals surface area (Å²) in [6.45, 7) is 7.20. The Kier molecular flexibility index (Phi) is 5.76. The Balaban J connectivity index is 2.17. The Morgan fingerprint density at radius 2 is 1.71 bits per heavy atom. The standard InChI is InChI=1S/C19H37NO/c1-6-15-9-7-8-10-16(15)17(20-4)19(21-5)13-11-18(2,3)12-14-19/h15-17,20H,6-14H2,1-5H3. The van der Waals surface area contributed by atoms with E-state index >= 15 is 0 Å². The molecule has 0 aromatic heterocycles. The van der Waals surface area contributed by atoms with Crippen molar-refractivity contribution in [2.45, 2.75) is 90.2 Å². The fraction of sp³-hybridized carbons (Fsp3) is 1.00. The van der Waals surface area contributed by atoms with Crippen LogP contribution < -0.4 is 5.32 Å². The van der Waals surface area contributed by atoms with E-state index in [0.717, 1.165) is 11.8 Å². The van der Waals surface area contributed by atoms with Crippen LogP contribution in [0.3, 0.4) is 0 Å². The smallest absolute Gasteiger partial charge is 0.0834 e. The number of rotatable bonds is 5. The molecule has 21 heavy (non-hydrogen) atoms. The average Bonchev–Trinajstić information content (AvgIpc) is 2.50. The summed E-state index contributed by atoms with van der Waals surface area (Å²) >= 11 is 0. The van der Waals surface area contributed by atoms with Crippen LogP contribution in [0.4, 0.5) is 0 Å². The first-order valence-electron chi connectivity index (χ1n) is 9.20. The van der Waals surface area contributed by atoms with Crippen LogP contribution in [0.25, 0.3) is 0 Å². The zero-order chi connectivity index (χ0) is 15.5. The van der Waals surface area contributed by atoms with Crippen LogP contribution >= 0.6 is 0 Å². The van der Waals surface area contributed by atoms with Gasteiger partial charge in [0.1, 0.15) is 0 Å². The van der Waals surface area contributed by atoms with Crippen molar-refractivity contribution < 1.29 is 4.74 Å². The van der Waals surface area contributed by atoms with Crippen molar-refractivity contribution in [1.82, 2.24) is 5.32 Å². The van der Waals surface area contributed by atoms with Crippen molar-refractivity contribution in [2.75, 3.05) is 14.2 Å². The maximum Gasteiger partial charge on any atom is 0.0834 e. The lowest BCUT2D eigenvalue weighted by molar-refractivity contribution is -0.106. The highest BCUT2D eigenvalue weighted by Crippen LogP contribution is 2.47. The first-order valence-corrected chi connectivity index (χ1v) is 9.20. The molecular formula is C19H37NO. The van der Waals surface area contributed by atoms with Crippen molar-refractivity contribution in [3.8, 4) is 0 Å². The zero-order valence-corrected chi connectivity index (χ0v) is 15.0. The van der Waals surface area contributed by atoms with Gasteiger partial charge in [0.25, 0.3) is 0 Å². The molecule has 0 bridgehead atoms. The monoisotopic (exact) mass is 295 g/mol. The van der Waals surface area contributed by atoms with Crippen molar-refractivity contribution in [3.05, 3.63) is 0 Å². The number of methoxy groups -OCH3 is 1. The normalized spacial score (nSPS) is 33.6. The molecule has 0 saturated heterocycles. The molecule has 0 aromatic rings. The summed E-state index contributed by atoms with van der Waals surface area (Å²) in [6.07, 6.45) is 12.0. The predicted molar refractivity (Wildman–Crippen MR) is 90.6 cm³/mol. The quantitative estimate of drug-likeness (QED) is 0.788. The molecule has 2 aliphatic carbocycles. The molecule has 1 N–H and O–H groups in total. The number of hydrogen-bond donors (Lipinski definition) is 1. The molecular weight excluding hydrogens is 258 g/mol. The molecule has 124 valence electrons. The second-order valence-electron chi connectivity index (χ2n) is 8.32. The molecule has 0 radical (unpaired) electrons. The Morgan fingerprint density at radius 3 is 2.24 bits per heavy atom. The van der Waals surface area contributed by atoms with Gasteiger partial charge in [0.2, 0.25) is 0 Å². The molecule has 0 aliphatic heterocycles. The number of ether oxygens (including phenoxy) is 1. The van der Waals surface area contributed by atoms with Gasteiger partial charge in [0.15, 0.2) is 0 Å². The van der Waals surface area contributed by atoms with Crippen LogP contribution in [0.15, 0.2) is 0 Å². The summed E-state index contributed by atoms with van der Waals surface area (Å²) in [5.41, 5.74) is 0.566. The van der Waals surface area contributed by atoms with Crippen LogP contribution in [0, 0.1) is 17.3 Å². The highest BCUT2D eigenvalue weighted by molar-refractivity contribution is 5.02. The molecule has 3 unspecified atom stereocenters. The molecule has 2 rings (SSSR count). The van der Waals surface area contributed by atoms with Gasteiger partial charge in [-0.15, -0.1) is 0 Å². The van der Waals surface area contributed by atoms with E-state index in [1.54, 1.807) is 0 Å². The van der Waals surface area contributed by atoms with Crippen molar-refractivity contribution in [2.24, 2.45) is 17.3 Å². The van der Waals surface area contributed by atoms with E-state index < -0.39 is 0 Å². The maximum atomic E-state index is 6.21. The molecule has 0 aromatic carbocycles. The van der Waals surface area contributed by atoms with E-state index in [2.05, 4.69) is 33.1 Å². The van der Waals surface area contributed by atoms with E-state index in [-0.39, 0.29) is 5.60 Å². The molecule has 0 heterocycles. The van der Waals surface area contributed by atoms with Gasteiger partial charge in [-0.2, -0.15) is 0 Å². The average molecular weight is 296 g/mol. The largest absolute Gasteiger partial charge is 0.377 e. The van der Waals surface area contributed by atoms with Gasteiger partial charge in [-0.1, -0.05) is 46.5 Å². The summed E-state index contributed by atoms with van der Waals surface area (Å²) in [7, 11) is 4.11. The second kappa shape index (κ2) is 7.00. The Labute approximate surface area is 132 Å². The van der Waals surface area contributed by atoms with Gasteiger partial charge >= 0.3 is 0 Å². The lowest BCUT2D eigenvalue weighted by Gasteiger charge is -2.51. The molecule has 2 saturated carbocycles. The SMILES string of the molecule is CCC1CCCCC1C(NC)C1(OC)CCC(C)(C)CC1. The van der Waals surface area contributed by atoms with Gasteiger partial charge < -0.3 is 10.1 Å². The van der Waals surface area contributed by atoms with Crippen LogP contribution in [0.5, 0.6) is 0 Å². The topological polar surface area (TPSA) is 21.3 Å². The Bertz CT molecular complexity index is 316. The molecule has 2 heteroatoms. The lowest BCUT2D eigenvalue weighted by Crippen LogP contribution is -2.58. The van der Waals surface area contributed by atoms with E-state index in [4.69, 9.17) is 4.74 Å². The summed E-state index contributed by atoms with van der Waals surface area (Å²) < 4.78 is 6.21. The van der Waals surface area contributed by atoms with Gasteiger partial charge in [-0.05, 0) is 56.4 Å². The third kappa shape index (κ3) is 3.64. The second-order valence-corrected chi connectivity index (χ2v) is 8.32. The van der Waals surface area contributed by atoms with Gasteiger partial charge in [0, 0.05) is 13.2 Å². The van der Waals surface area contributed by atoms with Gasteiger partial charge in [-0.25, -0.2) is 0 Å². The predicted octanol–water partition coefficient (Wildman–Crippen LogP) is 4.78. The Hall–Kier alpha value is -0.0800. The summed E-state index contributed by atoms with van der Waals surface area (Å²) in [4.78, 5) is 0. The molecule has 2 fully saturated rings. The first-order chi connectivity index (χ1) is 9.98. The van der Waals surface area contributed by atoms with Gasteiger partial charge in [0.05, 0.1) is 5.60 Å². The molecule has 2 aliphatic rings. The van der Waals surface area contributed by atoms with Crippen LogP contribution in [-0.2, 0) is 4.74 Å². The highest BCUT2D eigenvalue weighted by Gasteiger charge is 2.48. The minimum absolute atomic E-state index is 0.0691. The fourth-order valence-corrected chi connectivity index (χ4v) is 5.04. The fourth-order valence-electron chi connectivity index (χ4n) is 5.04. The van der Waals surface area contributed by atoms with E-state index in [1.807, 2.05) is 7.11 Å². The minimum atomic E-state index is 0.0691. The zero-order valence-electron chi connectivity index (χ0n) is 15.0. The van der Waals surface area contributed by atoms with E-state index in [1.165, 1.54) is 57.8 Å². The van der Waals surface area contributed by atoms with Crippen molar-refractivity contribution >= 4 is 0 Å². The lowest BCUT2D eigenvalue weighted by atomic mass is 9.62. The van der Waals surface area contributed by atoms with Gasteiger partial charge in [-0.3, -0.25) is 0 Å². The highest BCUT2D eigenvalue weighted by atomic mass is 16.5. The molecule has 0 amide bonds. The number of nitrogens with one attached hydrogen (secondary N) is 1. The third-order valence-electron chi connectivity index (χ3n) is 6.65. The van der Waals surface area contributed by atoms with Crippen molar-refractivity contribution in [3.63, 3.8) is 0 Å². The summed E-state index contributed by atoms with van der Waals surface area (Å²) in [5.74, 6) is 1.69. The molecule has 3 atom stereocenters. The Morgan fingerprint density at radius 1 is 1.10 bits per heavy atom. The number of likely N-dealkylation sites (N-methyl/N-ethyl adjacent to an activating group) is 1. The third-order valence-corrected chi connectivity index (χ3v) is 6.65. The summed E-state index contributed by atoms with van der Waals surface area (Å²) in [5, 5.41) is 3.70. The van der Waals surface area contributed by atoms with E-state index in [0.29, 0.717) is 11.5 Å². The number of hydrogen-bond acceptors (Lipinski definition) is 2. The van der Waals surface area contributed by atoms with Crippen LogP contribution in [0.2, 0.25) is 0 Å². The van der Waals surface area contributed by atoms with Crippen LogP contribution in [0.1, 0.15) is 78.6 Å². The van der Waals surface area contributed by atoms with E-state index in [9.17, 15) is 0 Å². The summed E-state index contributed by atoms with van der Waals surface area (Å²) in [6, 6.07) is 0.531. The first kappa shape index (κ1) is 17.3. The van der Waals surface area contributed by atoms with Crippen LogP contribution in [-0.4, -0.2) is 25.8 Å². The minimum Gasteiger partial charge on any atom is -0.377 e. The maximum absolute atomic E-state index is 6.21. The molecule has 0 spiro atoms. The molecule has 2 nitrogen and oxygen atoms in total.